The third kappa shape index (κ3) is 6.28. The maximum absolute atomic E-state index is 14.2. The number of hydrogen-bond donors (Lipinski definition) is 4. The number of benzene rings is 1. The summed E-state index contributed by atoms with van der Waals surface area (Å²) in [7, 11) is 0. The SMILES string of the molecule is CCN(CC)CCNC(=O)c1c(C)[nH]c(/C=C2\C(=O)N(C(=O)CCCNC(=O)O)c3ccc(F)cc32)c1C. The van der Waals surface area contributed by atoms with Gasteiger partial charge in [-0.15, -0.1) is 0 Å². The van der Waals surface area contributed by atoms with Gasteiger partial charge in [-0.3, -0.25) is 14.4 Å². The summed E-state index contributed by atoms with van der Waals surface area (Å²) >= 11 is 0. The van der Waals surface area contributed by atoms with Gasteiger partial charge in [0.15, 0.2) is 0 Å². The summed E-state index contributed by atoms with van der Waals surface area (Å²) in [6.45, 7) is 10.7. The molecular formula is C27H34FN5O5. The lowest BCUT2D eigenvalue weighted by atomic mass is 10.0. The lowest BCUT2D eigenvalue weighted by Crippen LogP contribution is -2.35. The van der Waals surface area contributed by atoms with Crippen molar-refractivity contribution >= 4 is 41.2 Å². The number of carbonyl (C=O) groups is 4. The van der Waals surface area contributed by atoms with Crippen molar-refractivity contribution in [2.24, 2.45) is 0 Å². The molecule has 1 aliphatic rings. The molecule has 0 fully saturated rings. The van der Waals surface area contributed by atoms with E-state index in [0.29, 0.717) is 29.1 Å². The number of nitrogens with one attached hydrogen (secondary N) is 3. The molecule has 1 aromatic carbocycles. The van der Waals surface area contributed by atoms with Crippen LogP contribution in [0, 0.1) is 19.7 Å². The molecule has 204 valence electrons. The number of anilines is 1. The predicted octanol–water partition coefficient (Wildman–Crippen LogP) is 3.30. The van der Waals surface area contributed by atoms with E-state index in [1.165, 1.54) is 24.3 Å². The van der Waals surface area contributed by atoms with Crippen LogP contribution in [-0.2, 0) is 9.59 Å². The van der Waals surface area contributed by atoms with Gasteiger partial charge in [-0.2, -0.15) is 0 Å². The summed E-state index contributed by atoms with van der Waals surface area (Å²) in [4.78, 5) is 56.2. The number of carboxylic acid groups (broad SMARTS) is 1. The second-order valence-corrected chi connectivity index (χ2v) is 9.04. The van der Waals surface area contributed by atoms with Crippen LogP contribution in [0.3, 0.4) is 0 Å². The summed E-state index contributed by atoms with van der Waals surface area (Å²) in [5, 5.41) is 13.8. The number of rotatable bonds is 11. The van der Waals surface area contributed by atoms with Crippen LogP contribution >= 0.6 is 0 Å². The molecule has 10 nitrogen and oxygen atoms in total. The third-order valence-electron chi connectivity index (χ3n) is 6.62. The van der Waals surface area contributed by atoms with Gasteiger partial charge < -0.3 is 25.6 Å². The van der Waals surface area contributed by atoms with E-state index in [9.17, 15) is 23.6 Å². The number of hydrogen-bond acceptors (Lipinski definition) is 5. The van der Waals surface area contributed by atoms with Crippen LogP contribution in [0.2, 0.25) is 0 Å². The number of aromatic amines is 1. The van der Waals surface area contributed by atoms with Gasteiger partial charge in [-0.1, -0.05) is 13.8 Å². The smallest absolute Gasteiger partial charge is 0.404 e. The molecule has 0 spiro atoms. The number of fused-ring (bicyclic) bond motifs is 1. The molecule has 38 heavy (non-hydrogen) atoms. The first-order chi connectivity index (χ1) is 18.1. The van der Waals surface area contributed by atoms with Crippen molar-refractivity contribution in [3.8, 4) is 0 Å². The fraction of sp³-hybridized carbons (Fsp3) is 0.407. The quantitative estimate of drug-likeness (QED) is 0.262. The Morgan fingerprint density at radius 2 is 1.84 bits per heavy atom. The van der Waals surface area contributed by atoms with Crippen LogP contribution in [0.1, 0.15) is 59.6 Å². The average Bonchev–Trinajstić information content (AvgIpc) is 3.30. The Morgan fingerprint density at radius 3 is 2.50 bits per heavy atom. The second kappa shape index (κ2) is 12.5. The summed E-state index contributed by atoms with van der Waals surface area (Å²) in [6.07, 6.45) is 0.463. The number of amides is 4. The standard InChI is InChI=1S/C27H34FN5O5/c1-5-32(6-2)13-12-29-25(35)24-16(3)21(31-17(24)4)15-20-19-14-18(28)9-10-22(19)33(26(20)36)23(34)8-7-11-30-27(37)38/h9-10,14-15,30-31H,5-8,11-13H2,1-4H3,(H,29,35)(H,37,38)/b20-15-. The van der Waals surface area contributed by atoms with Crippen LogP contribution in [0.15, 0.2) is 18.2 Å². The molecule has 3 rings (SSSR count). The summed E-state index contributed by atoms with van der Waals surface area (Å²) in [6, 6.07) is 3.74. The summed E-state index contributed by atoms with van der Waals surface area (Å²) < 4.78 is 14.2. The minimum absolute atomic E-state index is 0.0583. The van der Waals surface area contributed by atoms with Gasteiger partial charge in [0.25, 0.3) is 11.8 Å². The number of carbonyl (C=O) groups excluding carboxylic acids is 3. The fourth-order valence-electron chi connectivity index (χ4n) is 4.56. The van der Waals surface area contributed by atoms with Crippen LogP contribution in [0.25, 0.3) is 11.6 Å². The van der Waals surface area contributed by atoms with Gasteiger partial charge in [0.2, 0.25) is 5.91 Å². The van der Waals surface area contributed by atoms with Gasteiger partial charge in [0, 0.05) is 43.0 Å². The Bertz CT molecular complexity index is 1260. The molecule has 2 aromatic rings. The van der Waals surface area contributed by atoms with Gasteiger partial charge in [0.05, 0.1) is 16.8 Å². The Balaban J connectivity index is 1.86. The predicted molar refractivity (Wildman–Crippen MR) is 142 cm³/mol. The molecule has 1 aromatic heterocycles. The first-order valence-electron chi connectivity index (χ1n) is 12.6. The summed E-state index contributed by atoms with van der Waals surface area (Å²) in [5.74, 6) is -1.93. The maximum atomic E-state index is 14.2. The van der Waals surface area contributed by atoms with Crippen LogP contribution in [-0.4, -0.2) is 71.5 Å². The number of imide groups is 1. The number of aromatic nitrogens is 1. The number of halogens is 1. The van der Waals surface area contributed by atoms with Gasteiger partial charge in [-0.05, 0) is 63.2 Å². The van der Waals surface area contributed by atoms with E-state index >= 15 is 0 Å². The van der Waals surface area contributed by atoms with Gasteiger partial charge >= 0.3 is 6.09 Å². The lowest BCUT2D eigenvalue weighted by molar-refractivity contribution is -0.123. The second-order valence-electron chi connectivity index (χ2n) is 9.04. The molecule has 4 amide bonds. The minimum atomic E-state index is -1.20. The Hall–Kier alpha value is -3.99. The molecular weight excluding hydrogens is 493 g/mol. The van der Waals surface area contributed by atoms with Crippen LogP contribution < -0.4 is 15.5 Å². The van der Waals surface area contributed by atoms with E-state index in [2.05, 4.69) is 34.4 Å². The molecule has 2 heterocycles. The molecule has 0 saturated carbocycles. The minimum Gasteiger partial charge on any atom is -0.465 e. The molecule has 0 unspecified atom stereocenters. The fourth-order valence-corrected chi connectivity index (χ4v) is 4.56. The van der Waals surface area contributed by atoms with E-state index in [0.717, 1.165) is 24.5 Å². The highest BCUT2D eigenvalue weighted by Gasteiger charge is 2.37. The van der Waals surface area contributed by atoms with Gasteiger partial charge in [0.1, 0.15) is 5.82 Å². The largest absolute Gasteiger partial charge is 0.465 e. The molecule has 0 radical (unpaired) electrons. The van der Waals surface area contributed by atoms with Crippen molar-refractivity contribution in [1.82, 2.24) is 20.5 Å². The van der Waals surface area contributed by atoms with E-state index in [-0.39, 0.29) is 42.1 Å². The number of likely N-dealkylation sites (N-methyl/N-ethyl adjacent to an activating group) is 1. The van der Waals surface area contributed by atoms with Crippen LogP contribution in [0.5, 0.6) is 0 Å². The summed E-state index contributed by atoms with van der Waals surface area (Å²) in [5.41, 5.74) is 2.88. The molecule has 0 aliphatic carbocycles. The zero-order valence-electron chi connectivity index (χ0n) is 22.1. The van der Waals surface area contributed by atoms with Crippen molar-refractivity contribution < 1.29 is 28.7 Å². The number of H-pyrrole nitrogens is 1. The average molecular weight is 528 g/mol. The third-order valence-corrected chi connectivity index (χ3v) is 6.62. The monoisotopic (exact) mass is 527 g/mol. The zero-order valence-corrected chi connectivity index (χ0v) is 22.1. The van der Waals surface area contributed by atoms with Crippen molar-refractivity contribution in [2.75, 3.05) is 37.6 Å². The number of nitrogens with zero attached hydrogens (tertiary/aromatic N) is 2. The van der Waals surface area contributed by atoms with Crippen molar-refractivity contribution in [1.29, 1.82) is 0 Å². The van der Waals surface area contributed by atoms with Crippen LogP contribution in [0.4, 0.5) is 14.9 Å². The highest BCUT2D eigenvalue weighted by molar-refractivity contribution is 6.42. The molecule has 4 N–H and O–H groups in total. The van der Waals surface area contributed by atoms with Crippen molar-refractivity contribution in [2.45, 2.75) is 40.5 Å². The molecule has 0 atom stereocenters. The Labute approximate surface area is 220 Å². The Kier molecular flexibility index (Phi) is 9.40. The van der Waals surface area contributed by atoms with Crippen molar-refractivity contribution in [3.05, 3.63) is 52.1 Å². The maximum Gasteiger partial charge on any atom is 0.404 e. The first-order valence-corrected chi connectivity index (χ1v) is 12.6. The molecule has 0 saturated heterocycles. The highest BCUT2D eigenvalue weighted by atomic mass is 19.1. The van der Waals surface area contributed by atoms with E-state index < -0.39 is 23.7 Å². The lowest BCUT2D eigenvalue weighted by Gasteiger charge is -2.18. The molecule has 11 heteroatoms. The Morgan fingerprint density at radius 1 is 1.13 bits per heavy atom. The van der Waals surface area contributed by atoms with Gasteiger partial charge in [-0.25, -0.2) is 14.1 Å². The first kappa shape index (κ1) is 28.6. The highest BCUT2D eigenvalue weighted by Crippen LogP contribution is 2.39. The molecule has 1 aliphatic heterocycles. The number of aryl methyl sites for hydroxylation is 1. The molecule has 0 bridgehead atoms. The normalized spacial score (nSPS) is 13.8. The van der Waals surface area contributed by atoms with Crippen molar-refractivity contribution in [3.63, 3.8) is 0 Å². The van der Waals surface area contributed by atoms with E-state index in [1.807, 2.05) is 0 Å². The van der Waals surface area contributed by atoms with E-state index in [1.54, 1.807) is 13.8 Å². The zero-order chi connectivity index (χ0) is 28.0. The topological polar surface area (TPSA) is 135 Å². The van der Waals surface area contributed by atoms with E-state index in [4.69, 9.17) is 5.11 Å².